The van der Waals surface area contributed by atoms with Crippen LogP contribution in [0, 0.1) is 22.2 Å². The lowest BCUT2D eigenvalue weighted by atomic mass is 9.96. The predicted octanol–water partition coefficient (Wildman–Crippen LogP) is 0.965. The fourth-order valence-electron chi connectivity index (χ4n) is 4.59. The molecule has 0 saturated carbocycles. The van der Waals surface area contributed by atoms with Crippen LogP contribution in [0.5, 0.6) is 0 Å². The van der Waals surface area contributed by atoms with Gasteiger partial charge in [-0.3, -0.25) is 15.0 Å². The van der Waals surface area contributed by atoms with Crippen molar-refractivity contribution in [2.24, 2.45) is 11.1 Å². The van der Waals surface area contributed by atoms with E-state index >= 15 is 0 Å². The highest BCUT2D eigenvalue weighted by Crippen LogP contribution is 2.36. The minimum Gasteiger partial charge on any atom is -0.392 e. The number of nitrogens with one attached hydrogen (secondary N) is 2. The highest BCUT2D eigenvalue weighted by molar-refractivity contribution is 7.87. The van der Waals surface area contributed by atoms with Crippen molar-refractivity contribution in [1.29, 1.82) is 10.7 Å². The lowest BCUT2D eigenvalue weighted by Crippen LogP contribution is -2.43. The summed E-state index contributed by atoms with van der Waals surface area (Å²) in [6.07, 6.45) is -0.698. The Morgan fingerprint density at radius 2 is 1.95 bits per heavy atom. The molecule has 14 heteroatoms. The summed E-state index contributed by atoms with van der Waals surface area (Å²) in [6, 6.07) is 8.99. The molecule has 0 aliphatic carbocycles. The number of aliphatic hydroxyl groups is 1. The second kappa shape index (κ2) is 10.4. The Morgan fingerprint density at radius 1 is 1.28 bits per heavy atom. The Hall–Kier alpha value is -3.80. The molecule has 2 aliphatic heterocycles. The van der Waals surface area contributed by atoms with Crippen molar-refractivity contribution in [1.82, 2.24) is 18.4 Å². The third-order valence-corrected chi connectivity index (χ3v) is 8.68. The molecule has 208 valence electrons. The number of hydrogen-bond acceptors (Lipinski definition) is 9. The molecule has 0 spiro atoms. The first-order chi connectivity index (χ1) is 18.2. The molecule has 39 heavy (non-hydrogen) atoms. The molecule has 5 N–H and O–H groups in total. The van der Waals surface area contributed by atoms with Gasteiger partial charge in [0, 0.05) is 49.5 Å². The van der Waals surface area contributed by atoms with Gasteiger partial charge in [0.25, 0.3) is 5.91 Å². The number of β-amino-alcohol motifs (C(OH)–C–C–N with tert-alkyl or cyclic N) is 1. The Bertz CT molecular complexity index is 1450. The van der Waals surface area contributed by atoms with E-state index in [1.54, 1.807) is 45.0 Å². The minimum absolute atomic E-state index is 0.0570. The summed E-state index contributed by atoms with van der Waals surface area (Å²) >= 11 is 0. The third-order valence-electron chi connectivity index (χ3n) is 6.79. The summed E-state index contributed by atoms with van der Waals surface area (Å²) in [4.78, 5) is 26.2. The van der Waals surface area contributed by atoms with Gasteiger partial charge in [0.15, 0.2) is 5.82 Å². The number of aromatic nitrogens is 2. The summed E-state index contributed by atoms with van der Waals surface area (Å²) in [6.45, 7) is 5.15. The molecule has 2 aromatic rings. The minimum atomic E-state index is -4.15. The van der Waals surface area contributed by atoms with Gasteiger partial charge in [0.2, 0.25) is 5.91 Å². The van der Waals surface area contributed by atoms with Crippen molar-refractivity contribution in [2.45, 2.75) is 52.2 Å². The van der Waals surface area contributed by atoms with Crippen LogP contribution in [0.1, 0.15) is 66.7 Å². The van der Waals surface area contributed by atoms with E-state index in [0.717, 1.165) is 18.9 Å². The fourth-order valence-corrected chi connectivity index (χ4v) is 6.27. The molecular formula is C25H32N8O5S. The van der Waals surface area contributed by atoms with Crippen LogP contribution in [0.2, 0.25) is 0 Å². The zero-order valence-electron chi connectivity index (χ0n) is 22.0. The normalized spacial score (nSPS) is 20.3. The van der Waals surface area contributed by atoms with Gasteiger partial charge in [-0.1, -0.05) is 45.0 Å². The number of carbonyl (C=O) groups excluding carboxylic acids is 2. The molecule has 1 aromatic carbocycles. The van der Waals surface area contributed by atoms with Gasteiger partial charge in [-0.05, 0) is 12.0 Å². The molecule has 1 aromatic heterocycles. The number of benzene rings is 1. The standard InChI is InChI=1S/C25H32N8O5S/c1-25(2,3)24(36)33-23(29-12-15-4-6-16(7-5-15)22(27)28)19(11-26)21(30-33)17-10-20(35)32(13-17)39(37,38)31-9-8-18(34)14-31/h4-7,17-18,29,34H,8-10,12-14H2,1-3H3,(H3,27,28). The zero-order valence-corrected chi connectivity index (χ0v) is 22.8. The van der Waals surface area contributed by atoms with Crippen molar-refractivity contribution < 1.29 is 23.1 Å². The first kappa shape index (κ1) is 28.2. The monoisotopic (exact) mass is 556 g/mol. The highest BCUT2D eigenvalue weighted by Gasteiger charge is 2.45. The van der Waals surface area contributed by atoms with Crippen molar-refractivity contribution in [2.75, 3.05) is 25.0 Å². The molecule has 2 saturated heterocycles. The van der Waals surface area contributed by atoms with E-state index in [1.807, 2.05) is 0 Å². The Morgan fingerprint density at radius 3 is 2.49 bits per heavy atom. The first-order valence-corrected chi connectivity index (χ1v) is 13.9. The number of anilines is 1. The summed E-state index contributed by atoms with van der Waals surface area (Å²) in [7, 11) is -4.15. The lowest BCUT2D eigenvalue weighted by Gasteiger charge is -2.23. The van der Waals surface area contributed by atoms with E-state index in [2.05, 4.69) is 16.5 Å². The van der Waals surface area contributed by atoms with Gasteiger partial charge in [-0.2, -0.15) is 27.8 Å². The molecule has 2 unspecified atom stereocenters. The topological polar surface area (TPSA) is 198 Å². The molecule has 13 nitrogen and oxygen atoms in total. The van der Waals surface area contributed by atoms with Crippen LogP contribution in [0.4, 0.5) is 5.82 Å². The van der Waals surface area contributed by atoms with Crippen LogP contribution in [0.25, 0.3) is 0 Å². The number of rotatable bonds is 7. The maximum absolute atomic E-state index is 13.3. The number of hydrogen-bond donors (Lipinski definition) is 4. The average Bonchev–Trinajstić information content (AvgIpc) is 3.58. The molecule has 4 rings (SSSR count). The van der Waals surface area contributed by atoms with E-state index in [-0.39, 0.29) is 67.8 Å². The number of nitriles is 1. The van der Waals surface area contributed by atoms with Crippen LogP contribution in [0.3, 0.4) is 0 Å². The van der Waals surface area contributed by atoms with Crippen LogP contribution in [-0.4, -0.2) is 75.3 Å². The van der Waals surface area contributed by atoms with Gasteiger partial charge < -0.3 is 16.2 Å². The molecule has 2 aliphatic rings. The predicted molar refractivity (Wildman–Crippen MR) is 142 cm³/mol. The van der Waals surface area contributed by atoms with E-state index < -0.39 is 33.6 Å². The van der Waals surface area contributed by atoms with Crippen molar-refractivity contribution in [3.63, 3.8) is 0 Å². The van der Waals surface area contributed by atoms with E-state index in [9.17, 15) is 28.4 Å². The second-order valence-electron chi connectivity index (χ2n) is 10.8. The molecule has 1 amide bonds. The van der Waals surface area contributed by atoms with Crippen LogP contribution in [0.15, 0.2) is 24.3 Å². The molecule has 0 radical (unpaired) electrons. The van der Waals surface area contributed by atoms with Gasteiger partial charge in [0.05, 0.1) is 11.8 Å². The van der Waals surface area contributed by atoms with Crippen molar-refractivity contribution >= 4 is 33.7 Å². The summed E-state index contributed by atoms with van der Waals surface area (Å²) in [5.41, 5.74) is 6.23. The SMILES string of the molecule is CC(C)(C)C(=O)n1nc(C2CC(=O)N(S(=O)(=O)N3CCC(O)C3)C2)c(C#N)c1NCc1ccc(C(=N)N)cc1. The number of carbonyl (C=O) groups is 2. The summed E-state index contributed by atoms with van der Waals surface area (Å²) < 4.78 is 29.2. The Labute approximate surface area is 226 Å². The molecular weight excluding hydrogens is 524 g/mol. The number of aliphatic hydroxyl groups excluding tert-OH is 1. The van der Waals surface area contributed by atoms with E-state index in [1.165, 1.54) is 0 Å². The number of nitrogens with zero attached hydrogens (tertiary/aromatic N) is 5. The average molecular weight is 557 g/mol. The van der Waals surface area contributed by atoms with Gasteiger partial charge >= 0.3 is 10.2 Å². The zero-order chi connectivity index (χ0) is 28.7. The van der Waals surface area contributed by atoms with E-state index in [4.69, 9.17) is 11.1 Å². The van der Waals surface area contributed by atoms with Gasteiger partial charge in [0.1, 0.15) is 17.5 Å². The molecule has 2 atom stereocenters. The van der Waals surface area contributed by atoms with Crippen molar-refractivity contribution in [3.8, 4) is 6.07 Å². The quantitative estimate of drug-likeness (QED) is 0.283. The third kappa shape index (κ3) is 5.51. The number of amides is 1. The fraction of sp³-hybridized carbons (Fsp3) is 0.480. The largest absolute Gasteiger partial charge is 0.392 e. The number of amidine groups is 1. The smallest absolute Gasteiger partial charge is 0.306 e. The maximum Gasteiger partial charge on any atom is 0.306 e. The Kier molecular flexibility index (Phi) is 7.53. The molecule has 2 fully saturated rings. The molecule has 0 bridgehead atoms. The number of nitrogen functional groups attached to an aromatic ring is 1. The van der Waals surface area contributed by atoms with Crippen LogP contribution >= 0.6 is 0 Å². The molecule has 3 heterocycles. The number of nitrogens with two attached hydrogens (primary N) is 1. The van der Waals surface area contributed by atoms with Crippen LogP contribution in [-0.2, 0) is 21.5 Å². The van der Waals surface area contributed by atoms with Gasteiger partial charge in [-0.15, -0.1) is 0 Å². The maximum atomic E-state index is 13.3. The first-order valence-electron chi connectivity index (χ1n) is 12.5. The van der Waals surface area contributed by atoms with Crippen molar-refractivity contribution in [3.05, 3.63) is 46.6 Å². The summed E-state index contributed by atoms with van der Waals surface area (Å²) in [5.74, 6) is -1.68. The summed E-state index contributed by atoms with van der Waals surface area (Å²) in [5, 5.41) is 35.0. The van der Waals surface area contributed by atoms with Gasteiger partial charge in [-0.25, -0.2) is 4.31 Å². The highest BCUT2D eigenvalue weighted by atomic mass is 32.2. The van der Waals surface area contributed by atoms with Crippen LogP contribution < -0.4 is 11.1 Å². The second-order valence-corrected chi connectivity index (χ2v) is 12.6. The Balaban J connectivity index is 1.66. The van der Waals surface area contributed by atoms with E-state index in [0.29, 0.717) is 5.56 Å². The lowest BCUT2D eigenvalue weighted by molar-refractivity contribution is -0.123.